The highest BCUT2D eigenvalue weighted by Crippen LogP contribution is 2.29. The third-order valence-electron chi connectivity index (χ3n) is 2.84. The Kier molecular flexibility index (Phi) is 7.92. The Bertz CT molecular complexity index is 415. The van der Waals surface area contributed by atoms with Gasteiger partial charge in [-0.25, -0.2) is 0 Å². The van der Waals surface area contributed by atoms with Crippen LogP contribution in [-0.4, -0.2) is 42.2 Å². The second-order valence-corrected chi connectivity index (χ2v) is 5.27. The normalized spacial score (nSPS) is 10.8. The molecule has 0 aromatic heterocycles. The molecule has 1 amide bonds. The summed E-state index contributed by atoms with van der Waals surface area (Å²) >= 11 is 12.0. The number of amides is 1. The summed E-state index contributed by atoms with van der Waals surface area (Å²) < 4.78 is 0. The highest BCUT2D eigenvalue weighted by atomic mass is 35.5. The molecule has 0 aliphatic heterocycles. The Morgan fingerprint density at radius 2 is 1.90 bits per heavy atom. The fourth-order valence-electron chi connectivity index (χ4n) is 1.87. The van der Waals surface area contributed by atoms with E-state index in [1.807, 2.05) is 4.90 Å². The van der Waals surface area contributed by atoms with E-state index in [1.54, 1.807) is 18.2 Å². The van der Waals surface area contributed by atoms with Gasteiger partial charge < -0.3 is 15.3 Å². The molecule has 1 aromatic rings. The third-order valence-corrected chi connectivity index (χ3v) is 3.47. The van der Waals surface area contributed by atoms with Gasteiger partial charge in [0.05, 0.1) is 22.3 Å². The van der Waals surface area contributed by atoms with Gasteiger partial charge in [-0.05, 0) is 25.1 Å². The highest BCUT2D eigenvalue weighted by molar-refractivity contribution is 6.39. The SMILES string of the molecule is CCCN(CCO)CCC(=O)Nc1c(Cl)cccc1Cl. The van der Waals surface area contributed by atoms with Gasteiger partial charge in [0.25, 0.3) is 0 Å². The highest BCUT2D eigenvalue weighted by Gasteiger charge is 2.11. The van der Waals surface area contributed by atoms with Gasteiger partial charge in [-0.1, -0.05) is 36.2 Å². The summed E-state index contributed by atoms with van der Waals surface area (Å²) in [6.45, 7) is 4.20. The summed E-state index contributed by atoms with van der Waals surface area (Å²) in [5.74, 6) is -0.140. The first-order valence-corrected chi connectivity index (χ1v) is 7.41. The van der Waals surface area contributed by atoms with E-state index in [0.29, 0.717) is 35.2 Å². The standard InChI is InChI=1S/C14H20Cl2N2O2/c1-2-7-18(9-10-19)8-6-13(20)17-14-11(15)4-3-5-12(14)16/h3-5,19H,2,6-10H2,1H3,(H,17,20). The molecule has 0 saturated heterocycles. The number of anilines is 1. The summed E-state index contributed by atoms with van der Waals surface area (Å²) in [6.07, 6.45) is 1.32. The number of aliphatic hydroxyl groups is 1. The molecule has 0 atom stereocenters. The molecule has 0 heterocycles. The zero-order valence-electron chi connectivity index (χ0n) is 11.5. The van der Waals surface area contributed by atoms with Crippen LogP contribution < -0.4 is 5.32 Å². The van der Waals surface area contributed by atoms with Crippen molar-refractivity contribution in [1.29, 1.82) is 0 Å². The van der Waals surface area contributed by atoms with Gasteiger partial charge in [-0.15, -0.1) is 0 Å². The van der Waals surface area contributed by atoms with Crippen LogP contribution in [0, 0.1) is 0 Å². The number of carbonyl (C=O) groups excluding carboxylic acids is 1. The van der Waals surface area contributed by atoms with E-state index in [4.69, 9.17) is 28.3 Å². The number of para-hydroxylation sites is 1. The Labute approximate surface area is 129 Å². The molecule has 0 fully saturated rings. The molecule has 0 unspecified atom stereocenters. The van der Waals surface area contributed by atoms with Crippen LogP contribution in [0.15, 0.2) is 18.2 Å². The molecule has 0 radical (unpaired) electrons. The summed E-state index contributed by atoms with van der Waals surface area (Å²) in [6, 6.07) is 5.08. The average molecular weight is 319 g/mol. The Balaban J connectivity index is 2.51. The predicted octanol–water partition coefficient (Wildman–Crippen LogP) is 3.03. The Hall–Kier alpha value is -0.810. The molecule has 4 nitrogen and oxygen atoms in total. The third kappa shape index (κ3) is 5.67. The van der Waals surface area contributed by atoms with Crippen LogP contribution in [0.1, 0.15) is 19.8 Å². The van der Waals surface area contributed by atoms with Crippen molar-refractivity contribution in [2.45, 2.75) is 19.8 Å². The number of halogens is 2. The second-order valence-electron chi connectivity index (χ2n) is 4.46. The number of nitrogens with zero attached hydrogens (tertiary/aromatic N) is 1. The summed E-state index contributed by atoms with van der Waals surface area (Å²) in [5.41, 5.74) is 0.449. The van der Waals surface area contributed by atoms with Crippen molar-refractivity contribution in [1.82, 2.24) is 4.90 Å². The smallest absolute Gasteiger partial charge is 0.225 e. The van der Waals surface area contributed by atoms with Crippen LogP contribution in [0.25, 0.3) is 0 Å². The maximum Gasteiger partial charge on any atom is 0.225 e. The van der Waals surface area contributed by atoms with Crippen molar-refractivity contribution in [3.8, 4) is 0 Å². The summed E-state index contributed by atoms with van der Waals surface area (Å²) in [5, 5.41) is 12.5. The van der Waals surface area contributed by atoms with Gasteiger partial charge in [-0.2, -0.15) is 0 Å². The molecule has 112 valence electrons. The minimum atomic E-state index is -0.140. The maximum atomic E-state index is 11.9. The van der Waals surface area contributed by atoms with Crippen LogP contribution in [-0.2, 0) is 4.79 Å². The fourth-order valence-corrected chi connectivity index (χ4v) is 2.36. The molecule has 0 aliphatic rings. The monoisotopic (exact) mass is 318 g/mol. The van der Waals surface area contributed by atoms with E-state index in [1.165, 1.54) is 0 Å². The first-order valence-electron chi connectivity index (χ1n) is 6.65. The van der Waals surface area contributed by atoms with Crippen molar-refractivity contribution in [3.05, 3.63) is 28.2 Å². The van der Waals surface area contributed by atoms with Crippen LogP contribution >= 0.6 is 23.2 Å². The fraction of sp³-hybridized carbons (Fsp3) is 0.500. The number of aliphatic hydroxyl groups excluding tert-OH is 1. The molecule has 0 aliphatic carbocycles. The quantitative estimate of drug-likeness (QED) is 0.774. The average Bonchev–Trinajstić information content (AvgIpc) is 2.41. The van der Waals surface area contributed by atoms with Gasteiger partial charge in [0.1, 0.15) is 0 Å². The van der Waals surface area contributed by atoms with Crippen molar-refractivity contribution in [2.24, 2.45) is 0 Å². The number of rotatable bonds is 8. The zero-order valence-corrected chi connectivity index (χ0v) is 13.0. The van der Waals surface area contributed by atoms with Gasteiger partial charge >= 0.3 is 0 Å². The summed E-state index contributed by atoms with van der Waals surface area (Å²) in [7, 11) is 0. The van der Waals surface area contributed by atoms with Crippen LogP contribution in [0.5, 0.6) is 0 Å². The zero-order chi connectivity index (χ0) is 15.0. The van der Waals surface area contributed by atoms with Crippen molar-refractivity contribution in [2.75, 3.05) is 31.6 Å². The van der Waals surface area contributed by atoms with Crippen molar-refractivity contribution < 1.29 is 9.90 Å². The molecule has 0 bridgehead atoms. The molecule has 6 heteroatoms. The second kappa shape index (κ2) is 9.19. The van der Waals surface area contributed by atoms with E-state index in [-0.39, 0.29) is 12.5 Å². The molecule has 0 spiro atoms. The maximum absolute atomic E-state index is 11.9. The number of benzene rings is 1. The number of hydrogen-bond donors (Lipinski definition) is 2. The molecular weight excluding hydrogens is 299 g/mol. The van der Waals surface area contributed by atoms with E-state index in [9.17, 15) is 4.79 Å². The van der Waals surface area contributed by atoms with Gasteiger partial charge in [0.15, 0.2) is 0 Å². The van der Waals surface area contributed by atoms with Gasteiger partial charge in [0, 0.05) is 19.5 Å². The lowest BCUT2D eigenvalue weighted by Crippen LogP contribution is -2.31. The van der Waals surface area contributed by atoms with E-state index >= 15 is 0 Å². The van der Waals surface area contributed by atoms with E-state index in [2.05, 4.69) is 12.2 Å². The largest absolute Gasteiger partial charge is 0.395 e. The number of carbonyl (C=O) groups is 1. The van der Waals surface area contributed by atoms with Gasteiger partial charge in [-0.3, -0.25) is 4.79 Å². The van der Waals surface area contributed by atoms with E-state index in [0.717, 1.165) is 13.0 Å². The lowest BCUT2D eigenvalue weighted by molar-refractivity contribution is -0.116. The number of nitrogens with one attached hydrogen (secondary N) is 1. The molecule has 1 rings (SSSR count). The molecule has 2 N–H and O–H groups in total. The molecule has 0 saturated carbocycles. The van der Waals surface area contributed by atoms with Crippen molar-refractivity contribution in [3.63, 3.8) is 0 Å². The minimum absolute atomic E-state index is 0.0952. The lowest BCUT2D eigenvalue weighted by atomic mass is 10.3. The minimum Gasteiger partial charge on any atom is -0.395 e. The first kappa shape index (κ1) is 17.2. The van der Waals surface area contributed by atoms with Crippen molar-refractivity contribution >= 4 is 34.8 Å². The topological polar surface area (TPSA) is 52.6 Å². The van der Waals surface area contributed by atoms with Crippen LogP contribution in [0.4, 0.5) is 5.69 Å². The lowest BCUT2D eigenvalue weighted by Gasteiger charge is -2.20. The van der Waals surface area contributed by atoms with Crippen LogP contribution in [0.3, 0.4) is 0 Å². The molecule has 20 heavy (non-hydrogen) atoms. The Morgan fingerprint density at radius 1 is 1.25 bits per heavy atom. The van der Waals surface area contributed by atoms with E-state index < -0.39 is 0 Å². The first-order chi connectivity index (χ1) is 9.58. The number of hydrogen-bond acceptors (Lipinski definition) is 3. The molecule has 1 aromatic carbocycles. The van der Waals surface area contributed by atoms with Gasteiger partial charge in [0.2, 0.25) is 5.91 Å². The molecular formula is C14H20Cl2N2O2. The van der Waals surface area contributed by atoms with Crippen LogP contribution in [0.2, 0.25) is 10.0 Å². The summed E-state index contributed by atoms with van der Waals surface area (Å²) in [4.78, 5) is 14.0. The Morgan fingerprint density at radius 3 is 2.45 bits per heavy atom. The predicted molar refractivity (Wildman–Crippen MR) is 83.5 cm³/mol.